The number of H-pyrrole nitrogens is 1. The average Bonchev–Trinajstić information content (AvgIpc) is 2.17. The number of nitrogens with one attached hydrogen (secondary N) is 1. The van der Waals surface area contributed by atoms with Gasteiger partial charge in [-0.05, 0) is 18.7 Å². The lowest BCUT2D eigenvalue weighted by atomic mass is 10.0. The Morgan fingerprint density at radius 3 is 3.07 bits per heavy atom. The van der Waals surface area contributed by atoms with Crippen LogP contribution in [-0.4, -0.2) is 29.8 Å². The third kappa shape index (κ3) is 1.48. The first-order valence-electron chi connectivity index (χ1n) is 4.59. The Morgan fingerprint density at radius 2 is 2.36 bits per heavy atom. The van der Waals surface area contributed by atoms with E-state index in [-0.39, 0.29) is 11.1 Å². The van der Waals surface area contributed by atoms with E-state index >= 15 is 0 Å². The van der Waals surface area contributed by atoms with Gasteiger partial charge in [0.25, 0.3) is 5.56 Å². The van der Waals surface area contributed by atoms with E-state index in [2.05, 4.69) is 9.88 Å². The predicted octanol–water partition coefficient (Wildman–Crippen LogP) is 0.175. The van der Waals surface area contributed by atoms with E-state index in [9.17, 15) is 9.59 Å². The Bertz CT molecular complexity index is 423. The smallest absolute Gasteiger partial charge is 0.258 e. The number of carbonyl (C=O) groups is 1. The molecule has 0 atom stereocenters. The summed E-state index contributed by atoms with van der Waals surface area (Å²) in [6.07, 6.45) is 1.45. The molecule has 0 aliphatic carbocycles. The van der Waals surface area contributed by atoms with E-state index < -0.39 is 0 Å². The zero-order valence-electron chi connectivity index (χ0n) is 8.04. The summed E-state index contributed by atoms with van der Waals surface area (Å²) in [4.78, 5) is 26.8. The highest BCUT2D eigenvalue weighted by Gasteiger charge is 2.15. The summed E-state index contributed by atoms with van der Waals surface area (Å²) in [5.74, 6) is 0. The largest absolute Gasteiger partial charge is 0.325 e. The maximum Gasteiger partial charge on any atom is 0.258 e. The summed E-state index contributed by atoms with van der Waals surface area (Å²) in [5.41, 5.74) is 1.97. The van der Waals surface area contributed by atoms with Gasteiger partial charge in [-0.2, -0.15) is 0 Å². The number of aromatic amines is 1. The van der Waals surface area contributed by atoms with Gasteiger partial charge in [-0.25, -0.2) is 0 Å². The molecule has 1 aliphatic rings. The molecule has 0 radical (unpaired) electrons. The number of pyridine rings is 1. The van der Waals surface area contributed by atoms with E-state index in [0.29, 0.717) is 6.29 Å². The fraction of sp³-hybridized carbons (Fsp3) is 0.400. The Morgan fingerprint density at radius 1 is 1.57 bits per heavy atom. The maximum absolute atomic E-state index is 11.3. The summed E-state index contributed by atoms with van der Waals surface area (Å²) in [6.45, 7) is 1.75. The minimum atomic E-state index is -0.275. The van der Waals surface area contributed by atoms with Crippen LogP contribution in [0.15, 0.2) is 10.9 Å². The third-order valence-electron chi connectivity index (χ3n) is 2.55. The number of aromatic nitrogens is 1. The zero-order valence-corrected chi connectivity index (χ0v) is 8.04. The first-order valence-corrected chi connectivity index (χ1v) is 4.59. The van der Waals surface area contributed by atoms with Crippen molar-refractivity contribution < 1.29 is 4.79 Å². The number of hydrogen-bond acceptors (Lipinski definition) is 3. The van der Waals surface area contributed by atoms with E-state index in [1.165, 1.54) is 0 Å². The zero-order chi connectivity index (χ0) is 10.1. The molecule has 2 rings (SSSR count). The molecule has 2 heterocycles. The average molecular weight is 192 g/mol. The first kappa shape index (κ1) is 9.15. The SMILES string of the molecule is CN1CCc2[nH]c(=O)c(C=O)cc2C1. The molecule has 0 saturated heterocycles. The molecular weight excluding hydrogens is 180 g/mol. The van der Waals surface area contributed by atoms with Crippen molar-refractivity contribution >= 4 is 6.29 Å². The second-order valence-electron chi connectivity index (χ2n) is 3.66. The van der Waals surface area contributed by atoms with Gasteiger partial charge in [-0.1, -0.05) is 0 Å². The molecule has 0 fully saturated rings. The van der Waals surface area contributed by atoms with Gasteiger partial charge in [0.1, 0.15) is 0 Å². The van der Waals surface area contributed by atoms with Crippen molar-refractivity contribution in [3.05, 3.63) is 33.2 Å². The van der Waals surface area contributed by atoms with Crippen LogP contribution in [0.2, 0.25) is 0 Å². The molecule has 1 aromatic heterocycles. The molecule has 1 N–H and O–H groups in total. The molecular formula is C10H12N2O2. The molecule has 1 aliphatic heterocycles. The van der Waals surface area contributed by atoms with Gasteiger partial charge in [0, 0.05) is 25.2 Å². The van der Waals surface area contributed by atoms with Crippen LogP contribution in [0.4, 0.5) is 0 Å². The number of hydrogen-bond donors (Lipinski definition) is 1. The van der Waals surface area contributed by atoms with Crippen LogP contribution in [0.3, 0.4) is 0 Å². The number of carbonyl (C=O) groups excluding carboxylic acids is 1. The molecule has 0 bridgehead atoms. The van der Waals surface area contributed by atoms with Gasteiger partial charge >= 0.3 is 0 Å². The maximum atomic E-state index is 11.3. The standard InChI is InChI=1S/C10H12N2O2/c1-12-3-2-9-7(5-12)4-8(6-13)10(14)11-9/h4,6H,2-3,5H2,1H3,(H,11,14). The molecule has 74 valence electrons. The van der Waals surface area contributed by atoms with Crippen molar-refractivity contribution in [1.29, 1.82) is 0 Å². The van der Waals surface area contributed by atoms with Crippen LogP contribution in [0.1, 0.15) is 21.6 Å². The summed E-state index contributed by atoms with van der Waals surface area (Å²) >= 11 is 0. The fourth-order valence-corrected chi connectivity index (χ4v) is 1.75. The second-order valence-corrected chi connectivity index (χ2v) is 3.66. The second kappa shape index (κ2) is 3.38. The summed E-state index contributed by atoms with van der Waals surface area (Å²) < 4.78 is 0. The lowest BCUT2D eigenvalue weighted by Crippen LogP contribution is -2.30. The molecule has 0 saturated carbocycles. The van der Waals surface area contributed by atoms with Crippen LogP contribution in [-0.2, 0) is 13.0 Å². The van der Waals surface area contributed by atoms with Gasteiger partial charge in [0.05, 0.1) is 5.56 Å². The van der Waals surface area contributed by atoms with Crippen LogP contribution in [0.25, 0.3) is 0 Å². The molecule has 14 heavy (non-hydrogen) atoms. The van der Waals surface area contributed by atoms with Gasteiger partial charge in [-0.3, -0.25) is 9.59 Å². The number of fused-ring (bicyclic) bond motifs is 1. The van der Waals surface area contributed by atoms with E-state index in [4.69, 9.17) is 0 Å². The molecule has 0 spiro atoms. The fourth-order valence-electron chi connectivity index (χ4n) is 1.75. The molecule has 4 nitrogen and oxygen atoms in total. The highest BCUT2D eigenvalue weighted by molar-refractivity contribution is 5.74. The number of likely N-dealkylation sites (N-methyl/N-ethyl adjacent to an activating group) is 1. The Balaban J connectivity index is 2.51. The molecule has 1 aromatic rings. The van der Waals surface area contributed by atoms with Crippen LogP contribution >= 0.6 is 0 Å². The third-order valence-corrected chi connectivity index (χ3v) is 2.55. The Hall–Kier alpha value is -1.42. The van der Waals surface area contributed by atoms with Crippen molar-refractivity contribution in [2.24, 2.45) is 0 Å². The molecule has 4 heteroatoms. The molecule has 0 aromatic carbocycles. The summed E-state index contributed by atoms with van der Waals surface area (Å²) in [6, 6.07) is 1.69. The highest BCUT2D eigenvalue weighted by Crippen LogP contribution is 2.14. The first-order chi connectivity index (χ1) is 6.70. The molecule has 0 amide bonds. The lowest BCUT2D eigenvalue weighted by molar-refractivity contribution is 0.112. The number of aldehydes is 1. The van der Waals surface area contributed by atoms with Gasteiger partial charge in [0.2, 0.25) is 0 Å². The van der Waals surface area contributed by atoms with Gasteiger partial charge in [-0.15, -0.1) is 0 Å². The predicted molar refractivity (Wildman–Crippen MR) is 52.5 cm³/mol. The van der Waals surface area contributed by atoms with Crippen molar-refractivity contribution in [2.75, 3.05) is 13.6 Å². The monoisotopic (exact) mass is 192 g/mol. The number of nitrogens with zero attached hydrogens (tertiary/aromatic N) is 1. The topological polar surface area (TPSA) is 53.2 Å². The van der Waals surface area contributed by atoms with E-state index in [1.807, 2.05) is 7.05 Å². The van der Waals surface area contributed by atoms with E-state index in [0.717, 1.165) is 30.8 Å². The van der Waals surface area contributed by atoms with Crippen LogP contribution in [0.5, 0.6) is 0 Å². The Kier molecular flexibility index (Phi) is 2.21. The normalized spacial score (nSPS) is 16.4. The van der Waals surface area contributed by atoms with Crippen molar-refractivity contribution in [1.82, 2.24) is 9.88 Å². The lowest BCUT2D eigenvalue weighted by Gasteiger charge is -2.24. The van der Waals surface area contributed by atoms with Crippen molar-refractivity contribution in [3.63, 3.8) is 0 Å². The molecule has 0 unspecified atom stereocenters. The van der Waals surface area contributed by atoms with Gasteiger partial charge in [0.15, 0.2) is 6.29 Å². The summed E-state index contributed by atoms with van der Waals surface area (Å²) in [5, 5.41) is 0. The van der Waals surface area contributed by atoms with Crippen LogP contribution < -0.4 is 5.56 Å². The summed E-state index contributed by atoms with van der Waals surface area (Å²) in [7, 11) is 2.02. The minimum Gasteiger partial charge on any atom is -0.325 e. The highest BCUT2D eigenvalue weighted by atomic mass is 16.1. The Labute approximate surface area is 81.6 Å². The van der Waals surface area contributed by atoms with Crippen molar-refractivity contribution in [3.8, 4) is 0 Å². The quantitative estimate of drug-likeness (QED) is 0.645. The van der Waals surface area contributed by atoms with Gasteiger partial charge < -0.3 is 9.88 Å². The van der Waals surface area contributed by atoms with Crippen LogP contribution in [0, 0.1) is 0 Å². The van der Waals surface area contributed by atoms with Crippen molar-refractivity contribution in [2.45, 2.75) is 13.0 Å². The van der Waals surface area contributed by atoms with E-state index in [1.54, 1.807) is 6.07 Å². The minimum absolute atomic E-state index is 0.221. The number of rotatable bonds is 1.